The van der Waals surface area contributed by atoms with Crippen molar-refractivity contribution in [2.24, 2.45) is 34.5 Å². The van der Waals surface area contributed by atoms with Gasteiger partial charge in [-0.15, -0.1) is 0 Å². The third-order valence-electron chi connectivity index (χ3n) is 9.91. The van der Waals surface area contributed by atoms with Crippen molar-refractivity contribution in [3.8, 4) is 0 Å². The van der Waals surface area contributed by atoms with Gasteiger partial charge >= 0.3 is 5.97 Å². The molecule has 0 aliphatic heterocycles. The Labute approximate surface area is 201 Å². The van der Waals surface area contributed by atoms with Crippen molar-refractivity contribution in [3.63, 3.8) is 0 Å². The molecule has 0 heterocycles. The minimum Gasteiger partial charge on any atom is -0.454 e. The molecule has 1 aromatic carbocycles. The Morgan fingerprint density at radius 1 is 1.12 bits per heavy atom. The van der Waals surface area contributed by atoms with Crippen LogP contribution in [0.4, 0.5) is 0 Å². The molecule has 34 heavy (non-hydrogen) atoms. The Hall–Kier alpha value is -2.53. The van der Waals surface area contributed by atoms with E-state index in [4.69, 9.17) is 4.74 Å². The molecule has 0 bridgehead atoms. The highest BCUT2D eigenvalue weighted by molar-refractivity contribution is 6.01. The molecule has 0 spiro atoms. The second-order valence-corrected chi connectivity index (χ2v) is 11.3. The molecule has 0 amide bonds. The SMILES string of the molecule is CC1C[C@H]2[C@@H]3CCC4=CC(=O)C=C[C@]4(C)[C@H]3CC[C@]2(C)[C@@]1(O)C(=O)COC(=O)c1ccccc1. The van der Waals surface area contributed by atoms with Crippen LogP contribution >= 0.6 is 0 Å². The number of carbonyl (C=O) groups excluding carboxylic acids is 3. The maximum Gasteiger partial charge on any atom is 0.338 e. The number of benzene rings is 1. The topological polar surface area (TPSA) is 80.7 Å². The summed E-state index contributed by atoms with van der Waals surface area (Å²) in [7, 11) is 0. The summed E-state index contributed by atoms with van der Waals surface area (Å²) in [6.45, 7) is 5.87. The number of rotatable bonds is 4. The van der Waals surface area contributed by atoms with Crippen LogP contribution in [0.3, 0.4) is 0 Å². The van der Waals surface area contributed by atoms with Crippen molar-refractivity contribution >= 4 is 17.5 Å². The Morgan fingerprint density at radius 3 is 2.59 bits per heavy atom. The summed E-state index contributed by atoms with van der Waals surface area (Å²) in [5, 5.41) is 12.0. The van der Waals surface area contributed by atoms with Gasteiger partial charge in [0.2, 0.25) is 5.78 Å². The molecule has 0 aromatic heterocycles. The number of hydrogen-bond donors (Lipinski definition) is 1. The zero-order chi connectivity index (χ0) is 24.3. The predicted octanol–water partition coefficient (Wildman–Crippen LogP) is 4.70. The number of Topliss-reactive ketones (excluding diaryl/α,β-unsaturated/α-hetero) is 1. The van der Waals surface area contributed by atoms with Gasteiger partial charge in [0.25, 0.3) is 0 Å². The zero-order valence-corrected chi connectivity index (χ0v) is 20.3. The summed E-state index contributed by atoms with van der Waals surface area (Å²) in [4.78, 5) is 37.9. The van der Waals surface area contributed by atoms with E-state index in [9.17, 15) is 19.5 Å². The summed E-state index contributed by atoms with van der Waals surface area (Å²) >= 11 is 0. The van der Waals surface area contributed by atoms with E-state index in [1.165, 1.54) is 5.57 Å². The van der Waals surface area contributed by atoms with E-state index in [0.29, 0.717) is 17.4 Å². The lowest BCUT2D eigenvalue weighted by atomic mass is 9.47. The van der Waals surface area contributed by atoms with Crippen LogP contribution in [0.1, 0.15) is 63.2 Å². The van der Waals surface area contributed by atoms with E-state index in [1.54, 1.807) is 30.3 Å². The van der Waals surface area contributed by atoms with Crippen LogP contribution in [0.15, 0.2) is 54.1 Å². The van der Waals surface area contributed by atoms with Crippen LogP contribution in [0.5, 0.6) is 0 Å². The minimum atomic E-state index is -1.52. The van der Waals surface area contributed by atoms with Crippen molar-refractivity contribution in [2.75, 3.05) is 6.61 Å². The largest absolute Gasteiger partial charge is 0.454 e. The van der Waals surface area contributed by atoms with Crippen LogP contribution < -0.4 is 0 Å². The predicted molar refractivity (Wildman–Crippen MR) is 128 cm³/mol. The van der Waals surface area contributed by atoms with Gasteiger partial charge in [0.15, 0.2) is 12.4 Å². The molecular formula is C29H34O5. The van der Waals surface area contributed by atoms with Crippen LogP contribution in [0.2, 0.25) is 0 Å². The smallest absolute Gasteiger partial charge is 0.338 e. The molecule has 4 aliphatic carbocycles. The van der Waals surface area contributed by atoms with Crippen LogP contribution in [0.25, 0.3) is 0 Å². The maximum absolute atomic E-state index is 13.5. The van der Waals surface area contributed by atoms with Gasteiger partial charge in [0.1, 0.15) is 5.60 Å². The molecule has 5 heteroatoms. The first-order chi connectivity index (χ1) is 16.1. The second-order valence-electron chi connectivity index (χ2n) is 11.3. The van der Waals surface area contributed by atoms with Gasteiger partial charge in [0, 0.05) is 10.8 Å². The normalized spacial score (nSPS) is 40.6. The van der Waals surface area contributed by atoms with Crippen molar-refractivity contribution in [2.45, 2.75) is 58.5 Å². The highest BCUT2D eigenvalue weighted by Gasteiger charge is 2.68. The fourth-order valence-corrected chi connectivity index (χ4v) is 8.03. The molecule has 5 rings (SSSR count). The first kappa shape index (κ1) is 23.2. The van der Waals surface area contributed by atoms with Gasteiger partial charge in [-0.2, -0.15) is 0 Å². The molecule has 0 radical (unpaired) electrons. The van der Waals surface area contributed by atoms with Gasteiger partial charge in [-0.1, -0.05) is 50.6 Å². The summed E-state index contributed by atoms with van der Waals surface area (Å²) in [5.74, 6) is -0.0800. The number of fused-ring (bicyclic) bond motifs is 5. The van der Waals surface area contributed by atoms with Gasteiger partial charge in [-0.3, -0.25) is 9.59 Å². The zero-order valence-electron chi connectivity index (χ0n) is 20.3. The third kappa shape index (κ3) is 3.19. The Bertz CT molecular complexity index is 1090. The average molecular weight is 463 g/mol. The molecule has 5 nitrogen and oxygen atoms in total. The number of allylic oxidation sites excluding steroid dienone is 4. The Balaban J connectivity index is 1.37. The molecule has 3 fully saturated rings. The molecular weight excluding hydrogens is 428 g/mol. The summed E-state index contributed by atoms with van der Waals surface area (Å²) in [5.41, 5.74) is -0.582. The average Bonchev–Trinajstić information content (AvgIpc) is 3.05. The molecule has 7 atom stereocenters. The number of carbonyl (C=O) groups is 3. The lowest BCUT2D eigenvalue weighted by Crippen LogP contribution is -2.59. The fourth-order valence-electron chi connectivity index (χ4n) is 8.03. The number of hydrogen-bond acceptors (Lipinski definition) is 5. The molecule has 1 aromatic rings. The monoisotopic (exact) mass is 462 g/mol. The number of ether oxygens (including phenoxy) is 1. The van der Waals surface area contributed by atoms with E-state index in [2.05, 4.69) is 19.9 Å². The maximum atomic E-state index is 13.5. The van der Waals surface area contributed by atoms with Gasteiger partial charge in [-0.05, 0) is 80.1 Å². The Kier molecular flexibility index (Phi) is 5.47. The van der Waals surface area contributed by atoms with Gasteiger partial charge in [0.05, 0.1) is 5.56 Å². The van der Waals surface area contributed by atoms with E-state index in [-0.39, 0.29) is 23.0 Å². The number of ketones is 2. The first-order valence-corrected chi connectivity index (χ1v) is 12.5. The van der Waals surface area contributed by atoms with E-state index < -0.39 is 29.4 Å². The van der Waals surface area contributed by atoms with E-state index >= 15 is 0 Å². The number of aliphatic hydroxyl groups is 1. The van der Waals surface area contributed by atoms with Crippen LogP contribution in [-0.2, 0) is 14.3 Å². The fraction of sp³-hybridized carbons (Fsp3) is 0.552. The standard InChI is InChI=1S/C29H34O5/c1-18-15-24-22-10-9-20-16-21(30)11-13-27(20,2)23(22)12-14-28(24,3)29(18,33)25(31)17-34-26(32)19-7-5-4-6-8-19/h4-8,11,13,16,18,22-24,33H,9-10,12,14-15,17H2,1-3H3/t18?,22-,23+,24+,27+,28+,29+/m1/s1. The summed E-state index contributed by atoms with van der Waals surface area (Å²) in [6, 6.07) is 8.61. The molecule has 180 valence electrons. The van der Waals surface area contributed by atoms with Crippen molar-refractivity contribution < 1.29 is 24.2 Å². The van der Waals surface area contributed by atoms with E-state index in [0.717, 1.165) is 32.1 Å². The van der Waals surface area contributed by atoms with Crippen molar-refractivity contribution in [1.29, 1.82) is 0 Å². The summed E-state index contributed by atoms with van der Waals surface area (Å²) < 4.78 is 5.35. The summed E-state index contributed by atoms with van der Waals surface area (Å²) in [6.07, 6.45) is 9.91. The van der Waals surface area contributed by atoms with Crippen LogP contribution in [-0.4, -0.2) is 34.9 Å². The molecule has 4 aliphatic rings. The lowest BCUT2D eigenvalue weighted by Gasteiger charge is -2.58. The molecule has 1 N–H and O–H groups in total. The molecule has 3 saturated carbocycles. The lowest BCUT2D eigenvalue weighted by molar-refractivity contribution is -0.169. The highest BCUT2D eigenvalue weighted by Crippen LogP contribution is 2.68. The van der Waals surface area contributed by atoms with Crippen molar-refractivity contribution in [1.82, 2.24) is 0 Å². The van der Waals surface area contributed by atoms with Gasteiger partial charge in [-0.25, -0.2) is 4.79 Å². The number of esters is 1. The molecule has 1 unspecified atom stereocenters. The molecule has 0 saturated heterocycles. The van der Waals surface area contributed by atoms with Crippen LogP contribution in [0, 0.1) is 34.5 Å². The van der Waals surface area contributed by atoms with Crippen molar-refractivity contribution in [3.05, 3.63) is 59.7 Å². The Morgan fingerprint density at radius 2 is 1.85 bits per heavy atom. The second kappa shape index (κ2) is 8.01. The van der Waals surface area contributed by atoms with E-state index in [1.807, 2.05) is 19.1 Å². The van der Waals surface area contributed by atoms with Gasteiger partial charge < -0.3 is 9.84 Å². The first-order valence-electron chi connectivity index (χ1n) is 12.5. The minimum absolute atomic E-state index is 0.0751. The quantitative estimate of drug-likeness (QED) is 0.656. The third-order valence-corrected chi connectivity index (χ3v) is 9.91. The highest BCUT2D eigenvalue weighted by atomic mass is 16.5.